The van der Waals surface area contributed by atoms with Crippen molar-refractivity contribution < 1.29 is 18.7 Å². The van der Waals surface area contributed by atoms with Crippen molar-refractivity contribution in [1.29, 1.82) is 0 Å². The zero-order chi connectivity index (χ0) is 17.1. The van der Waals surface area contributed by atoms with E-state index in [-0.39, 0.29) is 17.5 Å². The lowest BCUT2D eigenvalue weighted by Gasteiger charge is -2.20. The Bertz CT molecular complexity index is 788. The van der Waals surface area contributed by atoms with Gasteiger partial charge in [0, 0.05) is 16.6 Å². The number of hydrogen-bond acceptors (Lipinski definition) is 4. The van der Waals surface area contributed by atoms with Crippen molar-refractivity contribution in [2.24, 2.45) is 0 Å². The number of ether oxygens (including phenoxy) is 2. The molecule has 5 nitrogen and oxygen atoms in total. The molecule has 2 N–H and O–H groups in total. The first kappa shape index (κ1) is 16.9. The summed E-state index contributed by atoms with van der Waals surface area (Å²) < 4.78 is 24.6. The molecule has 0 atom stereocenters. The van der Waals surface area contributed by atoms with Crippen molar-refractivity contribution in [3.8, 4) is 11.5 Å². The highest BCUT2D eigenvalue weighted by Gasteiger charge is 2.16. The molecule has 2 aromatic rings. The number of rotatable bonds is 4. The SMILES string of the molecule is O=C(CNc1ccc(F)cc1Cl)Nc1cc2c(cc1Br)OCCO2. The molecule has 0 saturated heterocycles. The second-order valence-electron chi connectivity index (χ2n) is 5.00. The van der Waals surface area contributed by atoms with E-state index in [9.17, 15) is 9.18 Å². The Balaban J connectivity index is 1.64. The summed E-state index contributed by atoms with van der Waals surface area (Å²) in [6.45, 7) is 0.937. The van der Waals surface area contributed by atoms with Crippen LogP contribution in [0.25, 0.3) is 0 Å². The van der Waals surface area contributed by atoms with E-state index >= 15 is 0 Å². The van der Waals surface area contributed by atoms with Gasteiger partial charge in [0.15, 0.2) is 11.5 Å². The molecule has 1 aliphatic rings. The topological polar surface area (TPSA) is 59.6 Å². The summed E-state index contributed by atoms with van der Waals surface area (Å²) in [6, 6.07) is 7.36. The Hall–Kier alpha value is -1.99. The number of carbonyl (C=O) groups is 1. The van der Waals surface area contributed by atoms with Crippen LogP contribution in [0.15, 0.2) is 34.8 Å². The first-order valence-electron chi connectivity index (χ1n) is 7.11. The van der Waals surface area contributed by atoms with Crippen molar-refractivity contribution in [3.63, 3.8) is 0 Å². The fourth-order valence-corrected chi connectivity index (χ4v) is 2.82. The van der Waals surface area contributed by atoms with E-state index in [0.29, 0.717) is 40.6 Å². The maximum atomic E-state index is 13.0. The Morgan fingerprint density at radius 1 is 1.17 bits per heavy atom. The third kappa shape index (κ3) is 3.91. The predicted octanol–water partition coefficient (Wildman–Crippen LogP) is 4.06. The molecule has 0 unspecified atom stereocenters. The van der Waals surface area contributed by atoms with Crippen molar-refractivity contribution >= 4 is 44.8 Å². The van der Waals surface area contributed by atoms with Crippen molar-refractivity contribution in [1.82, 2.24) is 0 Å². The zero-order valence-corrected chi connectivity index (χ0v) is 14.7. The van der Waals surface area contributed by atoms with Crippen LogP contribution >= 0.6 is 27.5 Å². The van der Waals surface area contributed by atoms with Crippen molar-refractivity contribution in [2.45, 2.75) is 0 Å². The van der Waals surface area contributed by atoms with Crippen LogP contribution in [0.2, 0.25) is 5.02 Å². The molecule has 0 saturated carbocycles. The van der Waals surface area contributed by atoms with Crippen LogP contribution in [0.5, 0.6) is 11.5 Å². The second kappa shape index (κ2) is 7.27. The van der Waals surface area contributed by atoms with E-state index < -0.39 is 5.82 Å². The number of benzene rings is 2. The van der Waals surface area contributed by atoms with Crippen LogP contribution in [-0.2, 0) is 4.79 Å². The van der Waals surface area contributed by atoms with E-state index in [4.69, 9.17) is 21.1 Å². The van der Waals surface area contributed by atoms with E-state index in [1.807, 2.05) is 0 Å². The average molecular weight is 416 g/mol. The molecule has 0 bridgehead atoms. The van der Waals surface area contributed by atoms with Gasteiger partial charge in [0.1, 0.15) is 19.0 Å². The molecule has 2 aromatic carbocycles. The Morgan fingerprint density at radius 3 is 2.58 bits per heavy atom. The summed E-state index contributed by atoms with van der Waals surface area (Å²) in [7, 11) is 0. The number of carbonyl (C=O) groups excluding carboxylic acids is 1. The van der Waals surface area contributed by atoms with Crippen LogP contribution in [-0.4, -0.2) is 25.7 Å². The second-order valence-corrected chi connectivity index (χ2v) is 6.26. The number of fused-ring (bicyclic) bond motifs is 1. The Labute approximate surface area is 151 Å². The minimum atomic E-state index is -0.435. The van der Waals surface area contributed by atoms with Crippen LogP contribution < -0.4 is 20.1 Å². The van der Waals surface area contributed by atoms with Crippen molar-refractivity contribution in [3.05, 3.63) is 45.6 Å². The minimum Gasteiger partial charge on any atom is -0.486 e. The standard InChI is InChI=1S/C16H13BrClFN2O3/c17-10-6-14-15(24-4-3-23-14)7-13(10)21-16(22)8-20-12-2-1-9(19)5-11(12)18/h1-2,5-7,20H,3-4,8H2,(H,21,22). The smallest absolute Gasteiger partial charge is 0.243 e. The lowest BCUT2D eigenvalue weighted by atomic mass is 10.2. The molecule has 24 heavy (non-hydrogen) atoms. The van der Waals surface area contributed by atoms with E-state index in [1.165, 1.54) is 18.2 Å². The Kier molecular flexibility index (Phi) is 5.11. The average Bonchev–Trinajstić information content (AvgIpc) is 2.55. The van der Waals surface area contributed by atoms with Gasteiger partial charge in [0.2, 0.25) is 5.91 Å². The van der Waals surface area contributed by atoms with Gasteiger partial charge in [-0.1, -0.05) is 11.6 Å². The van der Waals surface area contributed by atoms with Crippen LogP contribution in [0.1, 0.15) is 0 Å². The molecule has 1 heterocycles. The first-order valence-corrected chi connectivity index (χ1v) is 8.28. The highest BCUT2D eigenvalue weighted by molar-refractivity contribution is 9.10. The maximum Gasteiger partial charge on any atom is 0.243 e. The largest absolute Gasteiger partial charge is 0.486 e. The fourth-order valence-electron chi connectivity index (χ4n) is 2.16. The summed E-state index contributed by atoms with van der Waals surface area (Å²) in [5.41, 5.74) is 1.05. The van der Waals surface area contributed by atoms with E-state index in [1.54, 1.807) is 12.1 Å². The monoisotopic (exact) mass is 414 g/mol. The van der Waals surface area contributed by atoms with E-state index in [2.05, 4.69) is 26.6 Å². The number of amides is 1. The summed E-state index contributed by atoms with van der Waals surface area (Å²) in [5.74, 6) is 0.486. The normalized spacial score (nSPS) is 12.6. The van der Waals surface area contributed by atoms with Crippen LogP contribution in [0.4, 0.5) is 15.8 Å². The van der Waals surface area contributed by atoms with Crippen LogP contribution in [0, 0.1) is 5.82 Å². The highest BCUT2D eigenvalue weighted by Crippen LogP contribution is 2.38. The van der Waals surface area contributed by atoms with Crippen LogP contribution in [0.3, 0.4) is 0 Å². The van der Waals surface area contributed by atoms with Gasteiger partial charge in [0.25, 0.3) is 0 Å². The summed E-state index contributed by atoms with van der Waals surface area (Å²) in [4.78, 5) is 12.1. The Morgan fingerprint density at radius 2 is 1.88 bits per heavy atom. The molecule has 0 aliphatic carbocycles. The van der Waals surface area contributed by atoms with Gasteiger partial charge in [-0.05, 0) is 34.1 Å². The molecule has 3 rings (SSSR count). The molecule has 1 amide bonds. The van der Waals surface area contributed by atoms with Gasteiger partial charge in [-0.25, -0.2) is 4.39 Å². The van der Waals surface area contributed by atoms with Gasteiger partial charge in [-0.15, -0.1) is 0 Å². The highest BCUT2D eigenvalue weighted by atomic mass is 79.9. The molecule has 0 spiro atoms. The third-order valence-electron chi connectivity index (χ3n) is 3.28. The quantitative estimate of drug-likeness (QED) is 0.790. The predicted molar refractivity (Wildman–Crippen MR) is 93.7 cm³/mol. The number of halogens is 3. The molecular weight excluding hydrogens is 403 g/mol. The minimum absolute atomic E-state index is 0.0216. The summed E-state index contributed by atoms with van der Waals surface area (Å²) >= 11 is 9.29. The molecule has 126 valence electrons. The van der Waals surface area contributed by atoms with Gasteiger partial charge in [-0.2, -0.15) is 0 Å². The van der Waals surface area contributed by atoms with Gasteiger partial charge >= 0.3 is 0 Å². The molecule has 0 aromatic heterocycles. The van der Waals surface area contributed by atoms with E-state index in [0.717, 1.165) is 0 Å². The number of anilines is 2. The number of nitrogens with one attached hydrogen (secondary N) is 2. The lowest BCUT2D eigenvalue weighted by Crippen LogP contribution is -2.22. The fraction of sp³-hybridized carbons (Fsp3) is 0.188. The zero-order valence-electron chi connectivity index (χ0n) is 12.4. The first-order chi connectivity index (χ1) is 11.5. The summed E-state index contributed by atoms with van der Waals surface area (Å²) in [5, 5.41) is 5.83. The summed E-state index contributed by atoms with van der Waals surface area (Å²) in [6.07, 6.45) is 0. The lowest BCUT2D eigenvalue weighted by molar-refractivity contribution is -0.114. The maximum absolute atomic E-state index is 13.0. The third-order valence-corrected chi connectivity index (χ3v) is 4.25. The molecule has 1 aliphatic heterocycles. The molecule has 0 radical (unpaired) electrons. The van der Waals surface area contributed by atoms with Gasteiger partial charge in [-0.3, -0.25) is 4.79 Å². The van der Waals surface area contributed by atoms with Gasteiger partial charge in [0.05, 0.1) is 22.9 Å². The van der Waals surface area contributed by atoms with Gasteiger partial charge < -0.3 is 20.1 Å². The molecular formula is C16H13BrClFN2O3. The van der Waals surface area contributed by atoms with Crippen molar-refractivity contribution in [2.75, 3.05) is 30.4 Å². The molecule has 8 heteroatoms. The molecule has 0 fully saturated rings. The number of hydrogen-bond donors (Lipinski definition) is 2.